The summed E-state index contributed by atoms with van der Waals surface area (Å²) in [5.41, 5.74) is 0.922. The van der Waals surface area contributed by atoms with Crippen molar-refractivity contribution in [3.05, 3.63) is 12.3 Å². The monoisotopic (exact) mass is 286 g/mol. The largest absolute Gasteiger partial charge is 0.387 e. The molecule has 0 aliphatic heterocycles. The number of amides is 1. The number of nitrogens with one attached hydrogen (secondary N) is 2. The van der Waals surface area contributed by atoms with Crippen molar-refractivity contribution in [3.8, 4) is 0 Å². The van der Waals surface area contributed by atoms with E-state index in [1.807, 2.05) is 6.92 Å². The molecule has 0 saturated carbocycles. The van der Waals surface area contributed by atoms with Gasteiger partial charge in [0.05, 0.1) is 26.4 Å². The summed E-state index contributed by atoms with van der Waals surface area (Å²) in [6.45, 7) is 10.3. The number of hydrogen-bond donors (Lipinski definition) is 2. The van der Waals surface area contributed by atoms with Crippen molar-refractivity contribution >= 4 is 11.7 Å². The van der Waals surface area contributed by atoms with E-state index in [-0.39, 0.29) is 18.1 Å². The van der Waals surface area contributed by atoms with Crippen LogP contribution in [0.3, 0.4) is 0 Å². The second-order valence-electron chi connectivity index (χ2n) is 4.48. The molecule has 0 heterocycles. The SMILES string of the molecule is C=C(C)NCCOCCOCCNC(=O)CCC(C)=O. The molecule has 0 saturated heterocycles. The molecule has 20 heavy (non-hydrogen) atoms. The van der Waals surface area contributed by atoms with Crippen LogP contribution in [0.2, 0.25) is 0 Å². The highest BCUT2D eigenvalue weighted by atomic mass is 16.5. The van der Waals surface area contributed by atoms with E-state index in [0.29, 0.717) is 39.4 Å². The first kappa shape index (κ1) is 18.6. The first-order chi connectivity index (χ1) is 9.52. The first-order valence-electron chi connectivity index (χ1n) is 6.83. The van der Waals surface area contributed by atoms with E-state index in [2.05, 4.69) is 17.2 Å². The van der Waals surface area contributed by atoms with Crippen molar-refractivity contribution < 1.29 is 19.1 Å². The van der Waals surface area contributed by atoms with Crippen molar-refractivity contribution in [2.24, 2.45) is 0 Å². The van der Waals surface area contributed by atoms with Gasteiger partial charge in [0.25, 0.3) is 0 Å². The highest BCUT2D eigenvalue weighted by molar-refractivity contribution is 5.83. The molecule has 0 rings (SSSR count). The molecule has 0 spiro atoms. The van der Waals surface area contributed by atoms with Gasteiger partial charge in [0.15, 0.2) is 0 Å². The van der Waals surface area contributed by atoms with E-state index in [0.717, 1.165) is 12.2 Å². The van der Waals surface area contributed by atoms with E-state index < -0.39 is 0 Å². The molecule has 0 aliphatic carbocycles. The molecule has 6 heteroatoms. The Kier molecular flexibility index (Phi) is 11.7. The Labute approximate surface area is 120 Å². The van der Waals surface area contributed by atoms with Gasteiger partial charge in [-0.1, -0.05) is 6.58 Å². The number of ether oxygens (including phenoxy) is 2. The molecule has 6 nitrogen and oxygen atoms in total. The molecule has 116 valence electrons. The van der Waals surface area contributed by atoms with Crippen LogP contribution in [0.4, 0.5) is 0 Å². The zero-order valence-electron chi connectivity index (χ0n) is 12.5. The maximum atomic E-state index is 11.3. The van der Waals surface area contributed by atoms with Crippen LogP contribution in [-0.4, -0.2) is 51.2 Å². The Morgan fingerprint density at radius 3 is 1.95 bits per heavy atom. The predicted molar refractivity (Wildman–Crippen MR) is 77.4 cm³/mol. The topological polar surface area (TPSA) is 76.7 Å². The summed E-state index contributed by atoms with van der Waals surface area (Å²) < 4.78 is 10.6. The Bertz CT molecular complexity index is 306. The van der Waals surface area contributed by atoms with E-state index in [9.17, 15) is 9.59 Å². The number of allylic oxidation sites excluding steroid dienone is 1. The highest BCUT2D eigenvalue weighted by Gasteiger charge is 2.02. The summed E-state index contributed by atoms with van der Waals surface area (Å²) in [5, 5.41) is 5.74. The molecule has 0 radical (unpaired) electrons. The first-order valence-corrected chi connectivity index (χ1v) is 6.83. The fourth-order valence-corrected chi connectivity index (χ4v) is 1.30. The lowest BCUT2D eigenvalue weighted by Gasteiger charge is -2.08. The zero-order chi connectivity index (χ0) is 15.2. The molecule has 0 bridgehead atoms. The zero-order valence-corrected chi connectivity index (χ0v) is 12.5. The van der Waals surface area contributed by atoms with Gasteiger partial charge < -0.3 is 24.9 Å². The van der Waals surface area contributed by atoms with Crippen molar-refractivity contribution in [1.82, 2.24) is 10.6 Å². The van der Waals surface area contributed by atoms with Crippen molar-refractivity contribution in [2.75, 3.05) is 39.5 Å². The van der Waals surface area contributed by atoms with Crippen LogP contribution in [0.5, 0.6) is 0 Å². The van der Waals surface area contributed by atoms with Crippen LogP contribution in [0.1, 0.15) is 26.7 Å². The Morgan fingerprint density at radius 2 is 1.45 bits per heavy atom. The molecule has 2 N–H and O–H groups in total. The van der Waals surface area contributed by atoms with E-state index in [1.54, 1.807) is 0 Å². The number of rotatable bonds is 13. The second-order valence-corrected chi connectivity index (χ2v) is 4.48. The molecule has 0 aromatic rings. The number of ketones is 1. The average Bonchev–Trinajstić information content (AvgIpc) is 2.38. The summed E-state index contributed by atoms with van der Waals surface area (Å²) in [6.07, 6.45) is 0.535. The molecule has 0 fully saturated rings. The maximum Gasteiger partial charge on any atom is 0.220 e. The third kappa shape index (κ3) is 14.7. The second kappa shape index (κ2) is 12.6. The number of carbonyl (C=O) groups is 2. The van der Waals surface area contributed by atoms with Gasteiger partial charge in [-0.2, -0.15) is 0 Å². The number of hydrogen-bond acceptors (Lipinski definition) is 5. The molecule has 0 unspecified atom stereocenters. The summed E-state index contributed by atoms with van der Waals surface area (Å²) in [6, 6.07) is 0. The van der Waals surface area contributed by atoms with Gasteiger partial charge in [-0.25, -0.2) is 0 Å². The number of Topliss-reactive ketones (excluding diaryl/α,β-unsaturated/α-hetero) is 1. The van der Waals surface area contributed by atoms with Gasteiger partial charge in [0.2, 0.25) is 5.91 Å². The molecule has 0 aromatic carbocycles. The summed E-state index contributed by atoms with van der Waals surface area (Å²) >= 11 is 0. The normalized spacial score (nSPS) is 10.1. The maximum absolute atomic E-state index is 11.3. The van der Waals surface area contributed by atoms with E-state index in [4.69, 9.17) is 9.47 Å². The highest BCUT2D eigenvalue weighted by Crippen LogP contribution is 1.89. The lowest BCUT2D eigenvalue weighted by atomic mass is 10.2. The van der Waals surface area contributed by atoms with Gasteiger partial charge in [-0.05, 0) is 13.8 Å². The van der Waals surface area contributed by atoms with Gasteiger partial charge in [0.1, 0.15) is 5.78 Å². The predicted octanol–water partition coefficient (Wildman–Crippen LogP) is 0.628. The fourth-order valence-electron chi connectivity index (χ4n) is 1.30. The fraction of sp³-hybridized carbons (Fsp3) is 0.714. The van der Waals surface area contributed by atoms with Crippen LogP contribution >= 0.6 is 0 Å². The van der Waals surface area contributed by atoms with Crippen molar-refractivity contribution in [3.63, 3.8) is 0 Å². The average molecular weight is 286 g/mol. The van der Waals surface area contributed by atoms with Crippen LogP contribution < -0.4 is 10.6 Å². The van der Waals surface area contributed by atoms with Gasteiger partial charge >= 0.3 is 0 Å². The molecule has 1 amide bonds. The van der Waals surface area contributed by atoms with Crippen molar-refractivity contribution in [2.45, 2.75) is 26.7 Å². The van der Waals surface area contributed by atoms with Gasteiger partial charge in [-0.15, -0.1) is 0 Å². The van der Waals surface area contributed by atoms with E-state index >= 15 is 0 Å². The minimum atomic E-state index is -0.120. The summed E-state index contributed by atoms with van der Waals surface area (Å²) in [4.78, 5) is 21.9. The smallest absolute Gasteiger partial charge is 0.220 e. The van der Waals surface area contributed by atoms with Crippen molar-refractivity contribution in [1.29, 1.82) is 0 Å². The van der Waals surface area contributed by atoms with Crippen LogP contribution in [0.15, 0.2) is 12.3 Å². The lowest BCUT2D eigenvalue weighted by Crippen LogP contribution is -2.27. The van der Waals surface area contributed by atoms with E-state index in [1.165, 1.54) is 6.92 Å². The Balaban J connectivity index is 3.18. The van der Waals surface area contributed by atoms with Crippen LogP contribution in [0.25, 0.3) is 0 Å². The molecular formula is C14H26N2O4. The van der Waals surface area contributed by atoms with Crippen LogP contribution in [-0.2, 0) is 19.1 Å². The number of carbonyl (C=O) groups excluding carboxylic acids is 2. The summed E-state index contributed by atoms with van der Waals surface area (Å²) in [7, 11) is 0. The molecule has 0 aliphatic rings. The lowest BCUT2D eigenvalue weighted by molar-refractivity contribution is -0.124. The quantitative estimate of drug-likeness (QED) is 0.486. The standard InChI is InChI=1S/C14H26N2O4/c1-12(2)15-6-8-19-10-11-20-9-7-16-14(18)5-4-13(3)17/h15H,1,4-11H2,2-3H3,(H,16,18). The molecule has 0 atom stereocenters. The van der Waals surface area contributed by atoms with Crippen LogP contribution in [0, 0.1) is 0 Å². The minimum absolute atomic E-state index is 0.0229. The minimum Gasteiger partial charge on any atom is -0.387 e. The Hall–Kier alpha value is -1.40. The molecular weight excluding hydrogens is 260 g/mol. The van der Waals surface area contributed by atoms with Gasteiger partial charge in [0, 0.05) is 31.6 Å². The summed E-state index contributed by atoms with van der Waals surface area (Å²) in [5.74, 6) is -0.0967. The Morgan fingerprint density at radius 1 is 0.900 bits per heavy atom. The van der Waals surface area contributed by atoms with Gasteiger partial charge in [-0.3, -0.25) is 4.79 Å². The third-order valence-electron chi connectivity index (χ3n) is 2.32. The molecule has 0 aromatic heterocycles. The third-order valence-corrected chi connectivity index (χ3v) is 2.32.